The van der Waals surface area contributed by atoms with Gasteiger partial charge in [0.1, 0.15) is 11.6 Å². The summed E-state index contributed by atoms with van der Waals surface area (Å²) < 4.78 is 49.5. The zero-order valence-corrected chi connectivity index (χ0v) is 13.3. The summed E-state index contributed by atoms with van der Waals surface area (Å²) in [6.45, 7) is 4.82. The van der Waals surface area contributed by atoms with E-state index in [-0.39, 0.29) is 22.5 Å². The van der Waals surface area contributed by atoms with Crippen LogP contribution in [0.4, 0.5) is 14.5 Å². The number of nitrogens with one attached hydrogen (secondary N) is 1. The number of rotatable bonds is 4. The summed E-state index contributed by atoms with van der Waals surface area (Å²) in [5.74, 6) is -1.39. The van der Waals surface area contributed by atoms with Gasteiger partial charge in [-0.2, -0.15) is 0 Å². The third kappa shape index (κ3) is 4.14. The van der Waals surface area contributed by atoms with Gasteiger partial charge in [0, 0.05) is 12.6 Å². The predicted molar refractivity (Wildman–Crippen MR) is 76.1 cm³/mol. The molecule has 0 amide bonds. The van der Waals surface area contributed by atoms with Gasteiger partial charge in [0.25, 0.3) is 0 Å². The summed E-state index contributed by atoms with van der Waals surface area (Å²) >= 11 is 2.87. The number of anilines is 1. The van der Waals surface area contributed by atoms with Gasteiger partial charge in [-0.25, -0.2) is 17.2 Å². The molecule has 0 aromatic heterocycles. The van der Waals surface area contributed by atoms with Gasteiger partial charge in [-0.3, -0.25) is 0 Å². The number of hydrogen-bond acceptors (Lipinski definition) is 3. The van der Waals surface area contributed by atoms with Crippen LogP contribution in [-0.2, 0) is 9.84 Å². The standard InChI is InChI=1S/C12H16BrF2NO2S/c1-12(2,3)19(17,18)5-4-16-11-7-9(14)8(13)6-10(11)15/h6-7,16H,4-5H2,1-3H3. The Bertz CT molecular complexity index is 568. The second-order valence-electron chi connectivity index (χ2n) is 5.10. The third-order valence-electron chi connectivity index (χ3n) is 2.63. The summed E-state index contributed by atoms with van der Waals surface area (Å²) in [5.41, 5.74) is -0.0511. The molecule has 3 nitrogen and oxygen atoms in total. The van der Waals surface area contributed by atoms with Crippen LogP contribution in [0.3, 0.4) is 0 Å². The Hall–Kier alpha value is -0.690. The van der Waals surface area contributed by atoms with Crippen molar-refractivity contribution in [2.75, 3.05) is 17.6 Å². The third-order valence-corrected chi connectivity index (χ3v) is 5.84. The molecule has 0 bridgehead atoms. The Morgan fingerprint density at radius 2 is 1.79 bits per heavy atom. The topological polar surface area (TPSA) is 46.2 Å². The number of benzene rings is 1. The molecule has 0 atom stereocenters. The second kappa shape index (κ2) is 5.75. The maximum atomic E-state index is 13.5. The molecule has 1 rings (SSSR count). The van der Waals surface area contributed by atoms with Gasteiger partial charge in [0.15, 0.2) is 9.84 Å². The van der Waals surface area contributed by atoms with E-state index in [9.17, 15) is 17.2 Å². The van der Waals surface area contributed by atoms with Crippen LogP contribution in [0.1, 0.15) is 20.8 Å². The van der Waals surface area contributed by atoms with E-state index in [0.29, 0.717) is 0 Å². The number of hydrogen-bond donors (Lipinski definition) is 1. The summed E-state index contributed by atoms with van der Waals surface area (Å²) in [6.07, 6.45) is 0. The summed E-state index contributed by atoms with van der Waals surface area (Å²) in [5, 5.41) is 2.59. The lowest BCUT2D eigenvalue weighted by molar-refractivity contribution is 0.560. The molecule has 0 fully saturated rings. The van der Waals surface area contributed by atoms with Crippen LogP contribution in [-0.4, -0.2) is 25.5 Å². The largest absolute Gasteiger partial charge is 0.382 e. The SMILES string of the molecule is CC(C)(C)S(=O)(=O)CCNc1cc(F)c(Br)cc1F. The lowest BCUT2D eigenvalue weighted by Gasteiger charge is -2.19. The van der Waals surface area contributed by atoms with Gasteiger partial charge in [-0.1, -0.05) is 0 Å². The first-order chi connectivity index (χ1) is 8.54. The molecule has 0 saturated heterocycles. The molecule has 0 saturated carbocycles. The van der Waals surface area contributed by atoms with Crippen LogP contribution in [0.15, 0.2) is 16.6 Å². The lowest BCUT2D eigenvalue weighted by Crippen LogP contribution is -2.33. The minimum Gasteiger partial charge on any atom is -0.382 e. The molecule has 19 heavy (non-hydrogen) atoms. The van der Waals surface area contributed by atoms with E-state index < -0.39 is 26.2 Å². The molecular weight excluding hydrogens is 340 g/mol. The van der Waals surface area contributed by atoms with Gasteiger partial charge in [0.05, 0.1) is 20.7 Å². The molecule has 0 heterocycles. The Morgan fingerprint density at radius 3 is 2.32 bits per heavy atom. The van der Waals surface area contributed by atoms with Gasteiger partial charge in [0.2, 0.25) is 0 Å². The first kappa shape index (κ1) is 16.4. The highest BCUT2D eigenvalue weighted by atomic mass is 79.9. The fraction of sp³-hybridized carbons (Fsp3) is 0.500. The van der Waals surface area contributed by atoms with Crippen molar-refractivity contribution in [1.82, 2.24) is 0 Å². The van der Waals surface area contributed by atoms with Crippen LogP contribution in [0.5, 0.6) is 0 Å². The molecule has 1 aromatic carbocycles. The van der Waals surface area contributed by atoms with E-state index in [2.05, 4.69) is 21.2 Å². The van der Waals surface area contributed by atoms with Gasteiger partial charge in [-0.05, 0) is 42.8 Å². The van der Waals surface area contributed by atoms with Gasteiger partial charge < -0.3 is 5.32 Å². The van der Waals surface area contributed by atoms with Crippen molar-refractivity contribution in [2.24, 2.45) is 0 Å². The molecule has 108 valence electrons. The summed E-state index contributed by atoms with van der Waals surface area (Å²) in [7, 11) is -3.29. The molecule has 0 radical (unpaired) electrons. The van der Waals surface area contributed by atoms with E-state index in [1.54, 1.807) is 20.8 Å². The average Bonchev–Trinajstić information content (AvgIpc) is 2.23. The minimum atomic E-state index is -3.29. The molecular formula is C12H16BrF2NO2S. The zero-order valence-electron chi connectivity index (χ0n) is 10.9. The van der Waals surface area contributed by atoms with Crippen molar-refractivity contribution in [3.8, 4) is 0 Å². The Kier molecular flexibility index (Phi) is 4.95. The second-order valence-corrected chi connectivity index (χ2v) is 8.82. The van der Waals surface area contributed by atoms with Crippen molar-refractivity contribution in [3.05, 3.63) is 28.2 Å². The lowest BCUT2D eigenvalue weighted by atomic mass is 10.3. The monoisotopic (exact) mass is 355 g/mol. The van der Waals surface area contributed by atoms with E-state index in [1.165, 1.54) is 0 Å². The number of halogens is 3. The minimum absolute atomic E-state index is 0.0254. The van der Waals surface area contributed by atoms with Crippen LogP contribution in [0.25, 0.3) is 0 Å². The van der Waals surface area contributed by atoms with Crippen molar-refractivity contribution in [3.63, 3.8) is 0 Å². The Morgan fingerprint density at radius 1 is 1.21 bits per heavy atom. The van der Waals surface area contributed by atoms with Crippen molar-refractivity contribution in [1.29, 1.82) is 0 Å². The fourth-order valence-electron chi connectivity index (χ4n) is 1.28. The average molecular weight is 356 g/mol. The predicted octanol–water partition coefficient (Wildman–Crippen LogP) is 3.35. The van der Waals surface area contributed by atoms with E-state index >= 15 is 0 Å². The summed E-state index contributed by atoms with van der Waals surface area (Å²) in [4.78, 5) is 0. The molecule has 0 aliphatic carbocycles. The Balaban J connectivity index is 2.72. The first-order valence-corrected chi connectivity index (χ1v) is 8.10. The van der Waals surface area contributed by atoms with E-state index in [1.807, 2.05) is 0 Å². The van der Waals surface area contributed by atoms with Crippen LogP contribution < -0.4 is 5.32 Å². The molecule has 0 spiro atoms. The highest BCUT2D eigenvalue weighted by Gasteiger charge is 2.28. The van der Waals surface area contributed by atoms with Crippen LogP contribution in [0, 0.1) is 11.6 Å². The molecule has 0 aliphatic heterocycles. The fourth-order valence-corrected chi connectivity index (χ4v) is 2.58. The van der Waals surface area contributed by atoms with Crippen molar-refractivity contribution < 1.29 is 17.2 Å². The van der Waals surface area contributed by atoms with Gasteiger partial charge >= 0.3 is 0 Å². The van der Waals surface area contributed by atoms with Gasteiger partial charge in [-0.15, -0.1) is 0 Å². The highest BCUT2D eigenvalue weighted by molar-refractivity contribution is 9.10. The smallest absolute Gasteiger partial charge is 0.156 e. The number of sulfone groups is 1. The zero-order chi connectivity index (χ0) is 14.8. The van der Waals surface area contributed by atoms with E-state index in [0.717, 1.165) is 12.1 Å². The highest BCUT2D eigenvalue weighted by Crippen LogP contribution is 2.23. The van der Waals surface area contributed by atoms with Crippen molar-refractivity contribution in [2.45, 2.75) is 25.5 Å². The Labute approximate surface area is 120 Å². The quantitative estimate of drug-likeness (QED) is 0.842. The van der Waals surface area contributed by atoms with Crippen LogP contribution >= 0.6 is 15.9 Å². The maximum absolute atomic E-state index is 13.5. The van der Waals surface area contributed by atoms with E-state index in [4.69, 9.17) is 0 Å². The van der Waals surface area contributed by atoms with Crippen LogP contribution in [0.2, 0.25) is 0 Å². The first-order valence-electron chi connectivity index (χ1n) is 5.65. The molecule has 1 aromatic rings. The molecule has 7 heteroatoms. The molecule has 0 aliphatic rings. The maximum Gasteiger partial charge on any atom is 0.156 e. The molecule has 0 unspecified atom stereocenters. The normalized spacial score (nSPS) is 12.5. The van der Waals surface area contributed by atoms with Crippen molar-refractivity contribution >= 4 is 31.5 Å². The molecule has 1 N–H and O–H groups in total. The summed E-state index contributed by atoms with van der Waals surface area (Å²) in [6, 6.07) is 1.99.